The predicted octanol–water partition coefficient (Wildman–Crippen LogP) is 2.70. The number of carboxylic acid groups (broad SMARTS) is 1. The van der Waals surface area contributed by atoms with Crippen molar-refractivity contribution in [3.63, 3.8) is 0 Å². The number of halogens is 4. The summed E-state index contributed by atoms with van der Waals surface area (Å²) < 4.78 is 36.9. The quantitative estimate of drug-likeness (QED) is 0.881. The van der Waals surface area contributed by atoms with E-state index in [1.807, 2.05) is 0 Å². The van der Waals surface area contributed by atoms with Crippen molar-refractivity contribution in [3.05, 3.63) is 20.8 Å². The molecule has 0 aliphatic carbocycles. The normalized spacial score (nSPS) is 13.1. The van der Waals surface area contributed by atoms with Gasteiger partial charge in [0.05, 0.1) is 16.2 Å². The summed E-state index contributed by atoms with van der Waals surface area (Å²) in [7, 11) is 0. The number of amides is 1. The number of hydrogen-bond donors (Lipinski definition) is 2. The topological polar surface area (TPSA) is 66.4 Å². The molecule has 0 aromatic carbocycles. The van der Waals surface area contributed by atoms with Crippen molar-refractivity contribution < 1.29 is 27.9 Å². The molecule has 0 aliphatic heterocycles. The van der Waals surface area contributed by atoms with Crippen LogP contribution >= 0.6 is 27.3 Å². The van der Waals surface area contributed by atoms with Gasteiger partial charge in [-0.3, -0.25) is 9.59 Å². The minimum atomic E-state index is -5.04. The Morgan fingerprint density at radius 1 is 1.44 bits per heavy atom. The van der Waals surface area contributed by atoms with E-state index in [0.717, 1.165) is 11.3 Å². The van der Waals surface area contributed by atoms with Gasteiger partial charge in [0.1, 0.15) is 0 Å². The third-order valence-electron chi connectivity index (χ3n) is 1.88. The average Bonchev–Trinajstić information content (AvgIpc) is 2.61. The van der Waals surface area contributed by atoms with Crippen LogP contribution < -0.4 is 5.32 Å². The average molecular weight is 346 g/mol. The number of nitrogens with one attached hydrogen (secondary N) is 1. The number of thiophene rings is 1. The molecule has 0 saturated carbocycles. The monoisotopic (exact) mass is 345 g/mol. The number of carboxylic acids is 1. The van der Waals surface area contributed by atoms with E-state index < -0.39 is 30.5 Å². The molecule has 1 atom stereocenters. The van der Waals surface area contributed by atoms with Crippen LogP contribution in [-0.4, -0.2) is 23.2 Å². The predicted molar refractivity (Wildman–Crippen MR) is 61.2 cm³/mol. The van der Waals surface area contributed by atoms with Gasteiger partial charge in [-0.15, -0.1) is 11.3 Å². The lowest BCUT2D eigenvalue weighted by Gasteiger charge is -2.16. The Bertz CT molecular complexity index is 460. The van der Waals surface area contributed by atoms with Crippen LogP contribution in [0.3, 0.4) is 0 Å². The van der Waals surface area contributed by atoms with Crippen LogP contribution in [-0.2, 0) is 9.59 Å². The molecule has 0 spiro atoms. The lowest BCUT2D eigenvalue weighted by Crippen LogP contribution is -2.39. The molecule has 0 radical (unpaired) electrons. The molecule has 9 heteroatoms. The van der Waals surface area contributed by atoms with E-state index in [2.05, 4.69) is 15.9 Å². The highest BCUT2D eigenvalue weighted by Crippen LogP contribution is 2.30. The van der Waals surface area contributed by atoms with Crippen LogP contribution in [0.25, 0.3) is 0 Å². The van der Waals surface area contributed by atoms with Gasteiger partial charge in [0, 0.05) is 4.88 Å². The Balaban J connectivity index is 2.86. The van der Waals surface area contributed by atoms with Gasteiger partial charge in [-0.05, 0) is 28.1 Å². The fourth-order valence-corrected chi connectivity index (χ4v) is 2.63. The SMILES string of the molecule is O=C(O)C[C@H](NC(=O)C(F)(F)F)c1ccc(Br)s1. The van der Waals surface area contributed by atoms with Crippen LogP contribution in [0.1, 0.15) is 17.3 Å². The summed E-state index contributed by atoms with van der Waals surface area (Å²) in [5, 5.41) is 10.3. The lowest BCUT2D eigenvalue weighted by molar-refractivity contribution is -0.174. The molecule has 0 unspecified atom stereocenters. The molecule has 18 heavy (non-hydrogen) atoms. The standard InChI is InChI=1S/C9H7BrF3NO3S/c10-6-2-1-5(18-6)4(3-7(15)16)14-8(17)9(11,12)13/h1-2,4H,3H2,(H,14,17)(H,15,16)/t4-/m0/s1. The molecule has 0 aliphatic rings. The summed E-state index contributed by atoms with van der Waals surface area (Å²) in [6.07, 6.45) is -5.65. The first-order valence-electron chi connectivity index (χ1n) is 4.55. The number of alkyl halides is 3. The van der Waals surface area contributed by atoms with E-state index in [1.54, 1.807) is 11.4 Å². The van der Waals surface area contributed by atoms with Gasteiger partial charge in [0.15, 0.2) is 0 Å². The van der Waals surface area contributed by atoms with Gasteiger partial charge >= 0.3 is 18.1 Å². The first-order chi connectivity index (χ1) is 8.20. The third-order valence-corrected chi connectivity index (χ3v) is 3.62. The molecular formula is C9H7BrF3NO3S. The van der Waals surface area contributed by atoms with Crippen molar-refractivity contribution in [2.45, 2.75) is 18.6 Å². The molecular weight excluding hydrogens is 339 g/mol. The van der Waals surface area contributed by atoms with Crippen LogP contribution in [0, 0.1) is 0 Å². The zero-order chi connectivity index (χ0) is 13.9. The third kappa shape index (κ3) is 4.30. The molecule has 1 heterocycles. The highest BCUT2D eigenvalue weighted by atomic mass is 79.9. The van der Waals surface area contributed by atoms with E-state index in [9.17, 15) is 22.8 Å². The van der Waals surface area contributed by atoms with E-state index >= 15 is 0 Å². The van der Waals surface area contributed by atoms with Gasteiger partial charge in [0.2, 0.25) is 0 Å². The maximum absolute atomic E-state index is 12.1. The molecule has 1 rings (SSSR count). The fourth-order valence-electron chi connectivity index (χ4n) is 1.15. The molecule has 1 aromatic heterocycles. The van der Waals surface area contributed by atoms with Crippen molar-refractivity contribution in [2.24, 2.45) is 0 Å². The summed E-state index contributed by atoms with van der Waals surface area (Å²) in [4.78, 5) is 21.7. The van der Waals surface area contributed by atoms with Gasteiger partial charge in [-0.2, -0.15) is 13.2 Å². The zero-order valence-electron chi connectivity index (χ0n) is 8.62. The molecule has 4 nitrogen and oxygen atoms in total. The first-order valence-corrected chi connectivity index (χ1v) is 6.16. The number of rotatable bonds is 4. The van der Waals surface area contributed by atoms with E-state index in [4.69, 9.17) is 5.11 Å². The Morgan fingerprint density at radius 2 is 2.06 bits per heavy atom. The summed E-state index contributed by atoms with van der Waals surface area (Å²) in [5.74, 6) is -3.45. The number of hydrogen-bond acceptors (Lipinski definition) is 3. The molecule has 0 fully saturated rings. The Labute approximate surface area is 112 Å². The Kier molecular flexibility index (Phi) is 4.74. The summed E-state index contributed by atoms with van der Waals surface area (Å²) in [6.45, 7) is 0. The van der Waals surface area contributed by atoms with Crippen molar-refractivity contribution in [1.82, 2.24) is 5.32 Å². The van der Waals surface area contributed by atoms with E-state index in [0.29, 0.717) is 8.66 Å². The maximum Gasteiger partial charge on any atom is 0.471 e. The first kappa shape index (κ1) is 15.0. The van der Waals surface area contributed by atoms with Crippen molar-refractivity contribution in [3.8, 4) is 0 Å². The van der Waals surface area contributed by atoms with Gasteiger partial charge in [-0.1, -0.05) is 0 Å². The van der Waals surface area contributed by atoms with Gasteiger partial charge < -0.3 is 10.4 Å². The second-order valence-corrected chi connectivity index (χ2v) is 5.76. The van der Waals surface area contributed by atoms with Crippen LogP contribution in [0.5, 0.6) is 0 Å². The second-order valence-electron chi connectivity index (χ2n) is 3.26. The minimum absolute atomic E-state index is 0.335. The fraction of sp³-hybridized carbons (Fsp3) is 0.333. The highest BCUT2D eigenvalue weighted by Gasteiger charge is 2.40. The van der Waals surface area contributed by atoms with Crippen LogP contribution in [0.2, 0.25) is 0 Å². The van der Waals surface area contributed by atoms with E-state index in [1.165, 1.54) is 6.07 Å². The number of aliphatic carboxylic acids is 1. The molecule has 100 valence electrons. The zero-order valence-corrected chi connectivity index (χ0v) is 11.0. The van der Waals surface area contributed by atoms with Crippen molar-refractivity contribution in [2.75, 3.05) is 0 Å². The Morgan fingerprint density at radius 3 is 2.44 bits per heavy atom. The molecule has 1 aromatic rings. The van der Waals surface area contributed by atoms with Gasteiger partial charge in [0.25, 0.3) is 0 Å². The minimum Gasteiger partial charge on any atom is -0.481 e. The molecule has 1 amide bonds. The Hall–Kier alpha value is -1.09. The smallest absolute Gasteiger partial charge is 0.471 e. The highest BCUT2D eigenvalue weighted by molar-refractivity contribution is 9.11. The summed E-state index contributed by atoms with van der Waals surface area (Å²) in [6, 6.07) is 1.82. The summed E-state index contributed by atoms with van der Waals surface area (Å²) >= 11 is 4.17. The van der Waals surface area contributed by atoms with E-state index in [-0.39, 0.29) is 0 Å². The molecule has 0 bridgehead atoms. The van der Waals surface area contributed by atoms with Gasteiger partial charge in [-0.25, -0.2) is 0 Å². The number of carbonyl (C=O) groups is 2. The largest absolute Gasteiger partial charge is 0.481 e. The van der Waals surface area contributed by atoms with Crippen LogP contribution in [0.4, 0.5) is 13.2 Å². The van der Waals surface area contributed by atoms with Crippen molar-refractivity contribution in [1.29, 1.82) is 0 Å². The summed E-state index contributed by atoms with van der Waals surface area (Å²) in [5.41, 5.74) is 0. The number of carbonyl (C=O) groups excluding carboxylic acids is 1. The molecule has 0 saturated heterocycles. The van der Waals surface area contributed by atoms with Crippen molar-refractivity contribution >= 4 is 39.1 Å². The second kappa shape index (κ2) is 5.70. The molecule has 2 N–H and O–H groups in total. The maximum atomic E-state index is 12.1. The lowest BCUT2D eigenvalue weighted by atomic mass is 10.1. The van der Waals surface area contributed by atoms with Crippen LogP contribution in [0.15, 0.2) is 15.9 Å².